The SMILES string of the molecule is O=C(C=Cc1ccc(S(=O)(=O)NC2CC2)cc1)NCCCOc1ccc(Cl)cc1Cl. The maximum Gasteiger partial charge on any atom is 0.244 e. The van der Waals surface area contributed by atoms with Crippen molar-refractivity contribution in [1.82, 2.24) is 10.0 Å². The van der Waals surface area contributed by atoms with Crippen molar-refractivity contribution in [3.63, 3.8) is 0 Å². The third kappa shape index (κ3) is 7.02. The summed E-state index contributed by atoms with van der Waals surface area (Å²) < 4.78 is 32.5. The van der Waals surface area contributed by atoms with Crippen LogP contribution in [0.25, 0.3) is 6.08 Å². The molecule has 160 valence electrons. The molecule has 0 saturated heterocycles. The summed E-state index contributed by atoms with van der Waals surface area (Å²) in [5.74, 6) is 0.303. The summed E-state index contributed by atoms with van der Waals surface area (Å²) in [4.78, 5) is 12.1. The van der Waals surface area contributed by atoms with Crippen molar-refractivity contribution >= 4 is 45.2 Å². The van der Waals surface area contributed by atoms with Crippen LogP contribution in [0.4, 0.5) is 0 Å². The molecule has 2 aromatic carbocycles. The Morgan fingerprint density at radius 2 is 1.87 bits per heavy atom. The molecule has 0 spiro atoms. The Balaban J connectivity index is 1.39. The number of sulfonamides is 1. The van der Waals surface area contributed by atoms with Crippen LogP contribution in [0.1, 0.15) is 24.8 Å². The molecule has 0 aromatic heterocycles. The highest BCUT2D eigenvalue weighted by Gasteiger charge is 2.27. The first-order valence-electron chi connectivity index (χ1n) is 9.50. The molecule has 9 heteroatoms. The highest BCUT2D eigenvalue weighted by Crippen LogP contribution is 2.27. The van der Waals surface area contributed by atoms with Crippen LogP contribution in [-0.2, 0) is 14.8 Å². The zero-order chi connectivity index (χ0) is 21.6. The first-order chi connectivity index (χ1) is 14.3. The second-order valence-electron chi connectivity index (χ2n) is 6.87. The van der Waals surface area contributed by atoms with Crippen molar-refractivity contribution in [2.24, 2.45) is 0 Å². The number of ether oxygens (including phenoxy) is 1. The summed E-state index contributed by atoms with van der Waals surface area (Å²) in [5.41, 5.74) is 0.733. The third-order valence-electron chi connectivity index (χ3n) is 4.29. The molecule has 0 atom stereocenters. The fourth-order valence-electron chi connectivity index (χ4n) is 2.54. The first-order valence-corrected chi connectivity index (χ1v) is 11.7. The third-order valence-corrected chi connectivity index (χ3v) is 6.36. The van der Waals surface area contributed by atoms with Crippen LogP contribution < -0.4 is 14.8 Å². The van der Waals surface area contributed by atoms with E-state index in [1.165, 1.54) is 18.2 Å². The Morgan fingerprint density at radius 3 is 2.53 bits per heavy atom. The summed E-state index contributed by atoms with van der Waals surface area (Å²) in [6.07, 6.45) is 5.41. The van der Waals surface area contributed by atoms with Crippen LogP contribution in [0, 0.1) is 0 Å². The predicted octanol–water partition coefficient (Wildman–Crippen LogP) is 4.03. The number of nitrogens with one attached hydrogen (secondary N) is 2. The zero-order valence-electron chi connectivity index (χ0n) is 16.1. The van der Waals surface area contributed by atoms with Gasteiger partial charge in [0.05, 0.1) is 16.5 Å². The fourth-order valence-corrected chi connectivity index (χ4v) is 4.30. The molecule has 0 aliphatic heterocycles. The molecule has 1 aliphatic carbocycles. The Morgan fingerprint density at radius 1 is 1.13 bits per heavy atom. The lowest BCUT2D eigenvalue weighted by molar-refractivity contribution is -0.116. The van der Waals surface area contributed by atoms with E-state index in [9.17, 15) is 13.2 Å². The number of carbonyl (C=O) groups excluding carboxylic acids is 1. The molecule has 1 amide bonds. The lowest BCUT2D eigenvalue weighted by Crippen LogP contribution is -2.25. The molecule has 0 heterocycles. The van der Waals surface area contributed by atoms with Gasteiger partial charge in [-0.2, -0.15) is 0 Å². The Labute approximate surface area is 186 Å². The Bertz CT molecular complexity index is 1020. The molecule has 0 unspecified atom stereocenters. The Hall–Kier alpha value is -2.06. The molecule has 30 heavy (non-hydrogen) atoms. The van der Waals surface area contributed by atoms with Crippen molar-refractivity contribution in [1.29, 1.82) is 0 Å². The van der Waals surface area contributed by atoms with Gasteiger partial charge in [-0.05, 0) is 61.2 Å². The van der Waals surface area contributed by atoms with Crippen molar-refractivity contribution in [2.75, 3.05) is 13.2 Å². The van der Waals surface area contributed by atoms with Gasteiger partial charge < -0.3 is 10.1 Å². The largest absolute Gasteiger partial charge is 0.492 e. The maximum atomic E-state index is 12.1. The number of hydrogen-bond acceptors (Lipinski definition) is 4. The quantitative estimate of drug-likeness (QED) is 0.407. The molecule has 2 N–H and O–H groups in total. The summed E-state index contributed by atoms with van der Waals surface area (Å²) in [6.45, 7) is 0.842. The number of rotatable bonds is 10. The zero-order valence-corrected chi connectivity index (χ0v) is 18.4. The monoisotopic (exact) mass is 468 g/mol. The van der Waals surface area contributed by atoms with Gasteiger partial charge in [0, 0.05) is 23.7 Å². The van der Waals surface area contributed by atoms with E-state index in [0.29, 0.717) is 35.4 Å². The highest BCUT2D eigenvalue weighted by atomic mass is 35.5. The number of hydrogen-bond donors (Lipinski definition) is 2. The summed E-state index contributed by atoms with van der Waals surface area (Å²) >= 11 is 11.9. The van der Waals surface area contributed by atoms with Crippen molar-refractivity contribution < 1.29 is 17.9 Å². The molecular formula is C21H22Cl2N2O4S. The molecular weight excluding hydrogens is 447 g/mol. The highest BCUT2D eigenvalue weighted by molar-refractivity contribution is 7.89. The lowest BCUT2D eigenvalue weighted by atomic mass is 10.2. The van der Waals surface area contributed by atoms with Gasteiger partial charge in [-0.15, -0.1) is 0 Å². The second kappa shape index (κ2) is 10.3. The van der Waals surface area contributed by atoms with E-state index in [4.69, 9.17) is 27.9 Å². The number of benzene rings is 2. The minimum absolute atomic E-state index is 0.0619. The van der Waals surface area contributed by atoms with Gasteiger partial charge in [-0.25, -0.2) is 13.1 Å². The number of halogens is 2. The standard InChI is InChI=1S/C21H22Cl2N2O4S/c22-16-5-10-20(19(23)14-16)29-13-1-12-24-21(26)11-4-15-2-8-18(9-3-15)30(27,28)25-17-6-7-17/h2-5,8-11,14,17,25H,1,6-7,12-13H2,(H,24,26). The van der Waals surface area contributed by atoms with E-state index in [0.717, 1.165) is 18.4 Å². The van der Waals surface area contributed by atoms with E-state index in [-0.39, 0.29) is 16.8 Å². The van der Waals surface area contributed by atoms with E-state index < -0.39 is 10.0 Å². The second-order valence-corrected chi connectivity index (χ2v) is 9.42. The van der Waals surface area contributed by atoms with Crippen LogP contribution in [0.2, 0.25) is 10.0 Å². The van der Waals surface area contributed by atoms with E-state index in [1.807, 2.05) is 0 Å². The van der Waals surface area contributed by atoms with Crippen LogP contribution in [-0.4, -0.2) is 33.5 Å². The fraction of sp³-hybridized carbons (Fsp3) is 0.286. The number of carbonyl (C=O) groups is 1. The van der Waals surface area contributed by atoms with Gasteiger partial charge >= 0.3 is 0 Å². The molecule has 3 rings (SSSR count). The van der Waals surface area contributed by atoms with Gasteiger partial charge in [-0.3, -0.25) is 4.79 Å². The normalized spacial score (nSPS) is 14.1. The minimum Gasteiger partial charge on any atom is -0.492 e. The van der Waals surface area contributed by atoms with Crippen molar-refractivity contribution in [3.05, 3.63) is 64.1 Å². The van der Waals surface area contributed by atoms with E-state index >= 15 is 0 Å². The van der Waals surface area contributed by atoms with Gasteiger partial charge in [0.2, 0.25) is 15.9 Å². The van der Waals surface area contributed by atoms with Crippen molar-refractivity contribution in [3.8, 4) is 5.75 Å². The van der Waals surface area contributed by atoms with Crippen LogP contribution in [0.15, 0.2) is 53.4 Å². The molecule has 0 radical (unpaired) electrons. The average Bonchev–Trinajstić information content (AvgIpc) is 3.51. The smallest absolute Gasteiger partial charge is 0.244 e. The minimum atomic E-state index is -3.47. The molecule has 1 aliphatic rings. The topological polar surface area (TPSA) is 84.5 Å². The Kier molecular flexibility index (Phi) is 7.77. The van der Waals surface area contributed by atoms with E-state index in [1.54, 1.807) is 36.4 Å². The van der Waals surface area contributed by atoms with Gasteiger partial charge in [0.25, 0.3) is 0 Å². The summed E-state index contributed by atoms with van der Waals surface area (Å²) in [6, 6.07) is 11.4. The lowest BCUT2D eigenvalue weighted by Gasteiger charge is -2.08. The van der Waals surface area contributed by atoms with Gasteiger partial charge in [-0.1, -0.05) is 35.3 Å². The summed E-state index contributed by atoms with van der Waals surface area (Å²) in [7, 11) is -3.47. The number of amides is 1. The molecule has 0 bridgehead atoms. The molecule has 1 saturated carbocycles. The van der Waals surface area contributed by atoms with Crippen LogP contribution >= 0.6 is 23.2 Å². The summed E-state index contributed by atoms with van der Waals surface area (Å²) in [5, 5.41) is 3.74. The predicted molar refractivity (Wildman–Crippen MR) is 118 cm³/mol. The van der Waals surface area contributed by atoms with Crippen LogP contribution in [0.5, 0.6) is 5.75 Å². The van der Waals surface area contributed by atoms with E-state index in [2.05, 4.69) is 10.0 Å². The van der Waals surface area contributed by atoms with Gasteiger partial charge in [0.1, 0.15) is 5.75 Å². The molecule has 2 aromatic rings. The average molecular weight is 469 g/mol. The van der Waals surface area contributed by atoms with Crippen LogP contribution in [0.3, 0.4) is 0 Å². The maximum absolute atomic E-state index is 12.1. The van der Waals surface area contributed by atoms with Crippen molar-refractivity contribution in [2.45, 2.75) is 30.2 Å². The molecule has 1 fully saturated rings. The molecule has 6 nitrogen and oxygen atoms in total. The van der Waals surface area contributed by atoms with Gasteiger partial charge in [0.15, 0.2) is 0 Å². The first kappa shape index (κ1) is 22.6.